The largest absolute Gasteiger partial charge is 0.497 e. The molecule has 0 fully saturated rings. The van der Waals surface area contributed by atoms with Crippen LogP contribution in [0.3, 0.4) is 0 Å². The summed E-state index contributed by atoms with van der Waals surface area (Å²) >= 11 is 0. The van der Waals surface area contributed by atoms with E-state index in [4.69, 9.17) is 18.9 Å². The second-order valence-electron chi connectivity index (χ2n) is 6.99. The van der Waals surface area contributed by atoms with Crippen LogP contribution in [-0.2, 0) is 4.74 Å². The van der Waals surface area contributed by atoms with E-state index < -0.39 is 6.10 Å². The molecule has 1 atom stereocenters. The van der Waals surface area contributed by atoms with Crippen LogP contribution in [0.1, 0.15) is 27.7 Å². The third-order valence-corrected chi connectivity index (χ3v) is 5.52. The Morgan fingerprint density at radius 2 is 1.57 bits per heavy atom. The normalized spacial score (nSPS) is 15.2. The van der Waals surface area contributed by atoms with E-state index in [1.807, 2.05) is 48.5 Å². The molecule has 0 saturated carbocycles. The highest BCUT2D eigenvalue weighted by atomic mass is 16.5. The number of rotatable bonds is 4. The molecule has 2 heterocycles. The number of ether oxygens (including phenoxy) is 4. The van der Waals surface area contributed by atoms with Crippen molar-refractivity contribution in [1.82, 2.24) is 4.98 Å². The zero-order chi connectivity index (χ0) is 20.8. The van der Waals surface area contributed by atoms with Crippen molar-refractivity contribution in [3.8, 4) is 17.2 Å². The molecule has 0 aliphatic carbocycles. The molecule has 5 rings (SSSR count). The minimum absolute atomic E-state index is 0.368. The zero-order valence-corrected chi connectivity index (χ0v) is 16.8. The molecule has 0 saturated heterocycles. The number of hydrogen-bond acceptors (Lipinski definition) is 6. The summed E-state index contributed by atoms with van der Waals surface area (Å²) in [5.41, 5.74) is 2.00. The molecular weight excluding hydrogens is 382 g/mol. The van der Waals surface area contributed by atoms with Crippen LogP contribution < -0.4 is 14.2 Å². The average molecular weight is 401 g/mol. The first-order valence-electron chi connectivity index (χ1n) is 9.47. The lowest BCUT2D eigenvalue weighted by Gasteiger charge is -2.17. The summed E-state index contributed by atoms with van der Waals surface area (Å²) in [6.45, 7) is 0. The Hall–Kier alpha value is -3.80. The molecule has 0 spiro atoms. The summed E-state index contributed by atoms with van der Waals surface area (Å²) in [5, 5.41) is 3.45. The molecular formula is C24H19NO5. The maximum Gasteiger partial charge on any atom is 0.340 e. The number of carbonyl (C=O) groups is 1. The Bertz CT molecular complexity index is 1300. The van der Waals surface area contributed by atoms with Crippen LogP contribution in [0.5, 0.6) is 17.2 Å². The van der Waals surface area contributed by atoms with E-state index in [2.05, 4.69) is 4.98 Å². The Morgan fingerprint density at radius 3 is 2.23 bits per heavy atom. The summed E-state index contributed by atoms with van der Waals surface area (Å²) in [6.07, 6.45) is 1.10. The van der Waals surface area contributed by atoms with Crippen molar-refractivity contribution in [2.75, 3.05) is 21.3 Å². The number of methoxy groups -OCH3 is 3. The van der Waals surface area contributed by atoms with E-state index in [1.165, 1.54) is 0 Å². The first-order valence-corrected chi connectivity index (χ1v) is 9.47. The number of esters is 1. The van der Waals surface area contributed by atoms with Crippen molar-refractivity contribution >= 4 is 27.5 Å². The van der Waals surface area contributed by atoms with Gasteiger partial charge in [-0.25, -0.2) is 4.79 Å². The predicted octanol–water partition coefficient (Wildman–Crippen LogP) is 4.67. The second-order valence-corrected chi connectivity index (χ2v) is 6.99. The summed E-state index contributed by atoms with van der Waals surface area (Å²) in [6, 6.07) is 15.1. The number of fused-ring (bicyclic) bond motifs is 6. The molecule has 150 valence electrons. The highest BCUT2D eigenvalue weighted by molar-refractivity contribution is 6.20. The molecule has 1 unspecified atom stereocenters. The third kappa shape index (κ3) is 2.57. The van der Waals surface area contributed by atoms with Gasteiger partial charge in [0.15, 0.2) is 17.6 Å². The second kappa shape index (κ2) is 6.91. The lowest BCUT2D eigenvalue weighted by Crippen LogP contribution is -2.03. The molecule has 6 nitrogen and oxygen atoms in total. The zero-order valence-electron chi connectivity index (χ0n) is 16.8. The molecule has 3 aromatic carbocycles. The Morgan fingerprint density at radius 1 is 0.833 bits per heavy atom. The fourth-order valence-corrected chi connectivity index (χ4v) is 4.15. The van der Waals surface area contributed by atoms with Gasteiger partial charge in [0.2, 0.25) is 0 Å². The van der Waals surface area contributed by atoms with Gasteiger partial charge in [-0.05, 0) is 64.0 Å². The van der Waals surface area contributed by atoms with Gasteiger partial charge in [-0.1, -0.05) is 6.07 Å². The monoisotopic (exact) mass is 401 g/mol. The van der Waals surface area contributed by atoms with Crippen molar-refractivity contribution in [3.05, 3.63) is 71.5 Å². The Kier molecular flexibility index (Phi) is 4.20. The summed E-state index contributed by atoms with van der Waals surface area (Å²) in [4.78, 5) is 17.4. The molecule has 1 aromatic heterocycles. The van der Waals surface area contributed by atoms with Crippen LogP contribution in [0, 0.1) is 0 Å². The molecule has 30 heavy (non-hydrogen) atoms. The number of carbonyl (C=O) groups excluding carboxylic acids is 1. The maximum absolute atomic E-state index is 13.0. The van der Waals surface area contributed by atoms with Crippen LogP contribution in [0.15, 0.2) is 54.7 Å². The number of benzene rings is 3. The molecule has 4 aromatic rings. The van der Waals surface area contributed by atoms with Crippen LogP contribution in [0.4, 0.5) is 0 Å². The fraction of sp³-hybridized carbons (Fsp3) is 0.167. The van der Waals surface area contributed by atoms with Crippen LogP contribution in [-0.4, -0.2) is 32.3 Å². The van der Waals surface area contributed by atoms with E-state index in [9.17, 15) is 4.79 Å². The number of nitrogens with zero attached hydrogens (tertiary/aromatic N) is 1. The first kappa shape index (κ1) is 18.2. The van der Waals surface area contributed by atoms with Crippen LogP contribution in [0.25, 0.3) is 21.5 Å². The van der Waals surface area contributed by atoms with Gasteiger partial charge in [-0.15, -0.1) is 0 Å². The minimum Gasteiger partial charge on any atom is -0.497 e. The Labute approximate surface area is 173 Å². The SMILES string of the molecule is COc1ccc2c3c(c4cc(OC)c(OC)cc4c2c1)C(c1ccccn1)OC3=O. The molecule has 1 aliphatic heterocycles. The van der Waals surface area contributed by atoms with Gasteiger partial charge in [0, 0.05) is 11.8 Å². The van der Waals surface area contributed by atoms with Crippen molar-refractivity contribution < 1.29 is 23.7 Å². The molecule has 0 N–H and O–H groups in total. The fourth-order valence-electron chi connectivity index (χ4n) is 4.15. The lowest BCUT2D eigenvalue weighted by molar-refractivity contribution is 0.0452. The van der Waals surface area contributed by atoms with Gasteiger partial charge in [-0.3, -0.25) is 4.98 Å². The minimum atomic E-state index is -0.596. The van der Waals surface area contributed by atoms with Gasteiger partial charge in [0.25, 0.3) is 0 Å². The van der Waals surface area contributed by atoms with Crippen molar-refractivity contribution in [2.45, 2.75) is 6.10 Å². The Balaban J connectivity index is 1.95. The van der Waals surface area contributed by atoms with Crippen molar-refractivity contribution in [1.29, 1.82) is 0 Å². The van der Waals surface area contributed by atoms with Crippen molar-refractivity contribution in [3.63, 3.8) is 0 Å². The van der Waals surface area contributed by atoms with E-state index in [1.54, 1.807) is 27.5 Å². The number of aromatic nitrogens is 1. The van der Waals surface area contributed by atoms with Gasteiger partial charge in [0.1, 0.15) is 5.75 Å². The number of pyridine rings is 1. The van der Waals surface area contributed by atoms with Gasteiger partial charge in [0.05, 0.1) is 32.6 Å². The van der Waals surface area contributed by atoms with E-state index in [0.717, 1.165) is 27.1 Å². The van der Waals surface area contributed by atoms with Gasteiger partial charge < -0.3 is 18.9 Å². The summed E-state index contributed by atoms with van der Waals surface area (Å²) in [5.74, 6) is 1.51. The highest BCUT2D eigenvalue weighted by Crippen LogP contribution is 2.47. The maximum atomic E-state index is 13.0. The summed E-state index contributed by atoms with van der Waals surface area (Å²) in [7, 11) is 4.81. The molecule has 1 aliphatic rings. The van der Waals surface area contributed by atoms with E-state index in [-0.39, 0.29) is 5.97 Å². The summed E-state index contributed by atoms with van der Waals surface area (Å²) < 4.78 is 22.3. The standard InChI is InChI=1S/C24H19NO5/c1-27-13-7-8-14-15(10-13)16-11-19(28-2)20(29-3)12-17(16)21-22(14)24(26)30-23(21)18-6-4-5-9-25-18/h4-12,23H,1-3H3. The molecule has 0 bridgehead atoms. The molecule has 0 radical (unpaired) electrons. The van der Waals surface area contributed by atoms with Crippen molar-refractivity contribution in [2.24, 2.45) is 0 Å². The quantitative estimate of drug-likeness (QED) is 0.366. The van der Waals surface area contributed by atoms with Gasteiger partial charge >= 0.3 is 5.97 Å². The first-order chi connectivity index (χ1) is 14.7. The van der Waals surface area contributed by atoms with E-state index in [0.29, 0.717) is 28.5 Å². The molecule has 0 amide bonds. The topological polar surface area (TPSA) is 66.9 Å². The van der Waals surface area contributed by atoms with Crippen LogP contribution in [0.2, 0.25) is 0 Å². The average Bonchev–Trinajstić information content (AvgIpc) is 3.15. The highest BCUT2D eigenvalue weighted by Gasteiger charge is 2.37. The predicted molar refractivity (Wildman–Crippen MR) is 113 cm³/mol. The van der Waals surface area contributed by atoms with Gasteiger partial charge in [-0.2, -0.15) is 0 Å². The molecule has 6 heteroatoms. The number of hydrogen-bond donors (Lipinski definition) is 0. The van der Waals surface area contributed by atoms with Crippen LogP contribution >= 0.6 is 0 Å². The lowest BCUT2D eigenvalue weighted by atomic mass is 9.89. The third-order valence-electron chi connectivity index (χ3n) is 5.52. The smallest absolute Gasteiger partial charge is 0.340 e. The van der Waals surface area contributed by atoms with E-state index >= 15 is 0 Å². The number of cyclic esters (lactones) is 1.